The second-order valence-corrected chi connectivity index (χ2v) is 5.88. The number of anilines is 1. The van der Waals surface area contributed by atoms with E-state index in [1.54, 1.807) is 0 Å². The van der Waals surface area contributed by atoms with Crippen LogP contribution < -0.4 is 5.32 Å². The van der Waals surface area contributed by atoms with Crippen molar-refractivity contribution in [3.05, 3.63) is 5.69 Å². The van der Waals surface area contributed by atoms with Gasteiger partial charge in [0.15, 0.2) is 0 Å². The summed E-state index contributed by atoms with van der Waals surface area (Å²) >= 11 is 3.50. The van der Waals surface area contributed by atoms with Crippen LogP contribution in [-0.4, -0.2) is 45.1 Å². The molecule has 0 spiro atoms. The molecule has 90 valence electrons. The van der Waals surface area contributed by atoms with Gasteiger partial charge in [0.2, 0.25) is 0 Å². The van der Waals surface area contributed by atoms with Crippen molar-refractivity contribution in [1.82, 2.24) is 14.5 Å². The molecule has 0 bridgehead atoms. The highest BCUT2D eigenvalue weighted by atomic mass is 32.2. The molecule has 1 aliphatic heterocycles. The molecule has 0 saturated carbocycles. The predicted octanol–water partition coefficient (Wildman–Crippen LogP) is 1.91. The first-order valence-electron chi connectivity index (χ1n) is 5.68. The highest BCUT2D eigenvalue weighted by Gasteiger charge is 2.21. The maximum atomic E-state index is 4.22. The minimum absolute atomic E-state index is 0.648. The van der Waals surface area contributed by atoms with Crippen LogP contribution in [-0.2, 0) is 6.54 Å². The zero-order valence-electron chi connectivity index (χ0n) is 9.77. The van der Waals surface area contributed by atoms with E-state index in [1.807, 2.05) is 11.8 Å². The van der Waals surface area contributed by atoms with Crippen LogP contribution in [0.25, 0.3) is 0 Å². The van der Waals surface area contributed by atoms with Gasteiger partial charge in [-0.05, 0) is 13.8 Å². The Morgan fingerprint density at radius 2 is 2.44 bits per heavy atom. The van der Waals surface area contributed by atoms with E-state index in [0.717, 1.165) is 30.3 Å². The summed E-state index contributed by atoms with van der Waals surface area (Å²) in [5, 5.41) is 8.68. The molecule has 1 unspecified atom stereocenters. The molecule has 6 heteroatoms. The normalized spacial score (nSPS) is 22.2. The highest BCUT2D eigenvalue weighted by Crippen LogP contribution is 2.23. The van der Waals surface area contributed by atoms with Gasteiger partial charge in [0.05, 0.1) is 0 Å². The van der Waals surface area contributed by atoms with Gasteiger partial charge in [-0.25, -0.2) is 0 Å². The summed E-state index contributed by atoms with van der Waals surface area (Å²) in [7, 11) is 0. The van der Waals surface area contributed by atoms with Crippen molar-refractivity contribution in [3.8, 4) is 0 Å². The Balaban J connectivity index is 1.99. The Morgan fingerprint density at radius 1 is 1.56 bits per heavy atom. The molecule has 2 rings (SSSR count). The van der Waals surface area contributed by atoms with Crippen LogP contribution in [0.1, 0.15) is 19.5 Å². The van der Waals surface area contributed by atoms with Gasteiger partial charge in [-0.3, -0.25) is 4.90 Å². The van der Waals surface area contributed by atoms with Crippen LogP contribution in [0.15, 0.2) is 0 Å². The largest absolute Gasteiger partial charge is 0.374 e. The summed E-state index contributed by atoms with van der Waals surface area (Å²) in [6, 6.07) is 0.648. The third-order valence-corrected chi connectivity index (χ3v) is 4.67. The van der Waals surface area contributed by atoms with Gasteiger partial charge in [0.25, 0.3) is 0 Å². The van der Waals surface area contributed by atoms with E-state index in [1.165, 1.54) is 23.0 Å². The lowest BCUT2D eigenvalue weighted by atomic mass is 10.3. The topological polar surface area (TPSA) is 41.1 Å². The van der Waals surface area contributed by atoms with Crippen molar-refractivity contribution in [2.75, 3.05) is 29.9 Å². The molecule has 0 aromatic carbocycles. The number of nitrogens with zero attached hydrogens (tertiary/aromatic N) is 3. The van der Waals surface area contributed by atoms with E-state index in [4.69, 9.17) is 0 Å². The first-order chi connectivity index (χ1) is 7.81. The number of rotatable bonds is 4. The third kappa shape index (κ3) is 2.87. The Hall–Kier alpha value is -0.330. The highest BCUT2D eigenvalue weighted by molar-refractivity contribution is 7.99. The molecule has 1 saturated heterocycles. The SMILES string of the molecule is CCNc1snnc1CN1CCSCC1C. The Bertz CT molecular complexity index is 328. The minimum Gasteiger partial charge on any atom is -0.374 e. The molecule has 1 aromatic rings. The number of aromatic nitrogens is 2. The van der Waals surface area contributed by atoms with Crippen molar-refractivity contribution in [3.63, 3.8) is 0 Å². The molecule has 1 fully saturated rings. The number of hydrogen-bond acceptors (Lipinski definition) is 6. The summed E-state index contributed by atoms with van der Waals surface area (Å²) in [4.78, 5) is 2.49. The van der Waals surface area contributed by atoms with Crippen molar-refractivity contribution in [2.45, 2.75) is 26.4 Å². The zero-order chi connectivity index (χ0) is 11.4. The van der Waals surface area contributed by atoms with Gasteiger partial charge in [0, 0.05) is 48.7 Å². The van der Waals surface area contributed by atoms with Gasteiger partial charge in [-0.15, -0.1) is 5.10 Å². The van der Waals surface area contributed by atoms with Crippen LogP contribution in [0.3, 0.4) is 0 Å². The lowest BCUT2D eigenvalue weighted by Gasteiger charge is -2.32. The monoisotopic (exact) mass is 258 g/mol. The Kier molecular flexibility index (Phi) is 4.43. The Morgan fingerprint density at radius 3 is 3.19 bits per heavy atom. The van der Waals surface area contributed by atoms with E-state index in [2.05, 4.69) is 33.7 Å². The average molecular weight is 258 g/mol. The molecule has 0 amide bonds. The molecule has 16 heavy (non-hydrogen) atoms. The van der Waals surface area contributed by atoms with Crippen molar-refractivity contribution < 1.29 is 0 Å². The molecular formula is C10H18N4S2. The van der Waals surface area contributed by atoms with E-state index < -0.39 is 0 Å². The summed E-state index contributed by atoms with van der Waals surface area (Å²) in [6.07, 6.45) is 0. The van der Waals surface area contributed by atoms with Crippen LogP contribution in [0, 0.1) is 0 Å². The maximum absolute atomic E-state index is 4.22. The smallest absolute Gasteiger partial charge is 0.134 e. The summed E-state index contributed by atoms with van der Waals surface area (Å²) in [5.41, 5.74) is 1.10. The third-order valence-electron chi connectivity index (χ3n) is 2.75. The molecule has 1 aromatic heterocycles. The summed E-state index contributed by atoms with van der Waals surface area (Å²) in [5.74, 6) is 2.46. The van der Waals surface area contributed by atoms with E-state index in [0.29, 0.717) is 6.04 Å². The van der Waals surface area contributed by atoms with Gasteiger partial charge in [-0.2, -0.15) is 11.8 Å². The quantitative estimate of drug-likeness (QED) is 0.893. The molecule has 0 aliphatic carbocycles. The first kappa shape index (κ1) is 12.1. The van der Waals surface area contributed by atoms with Gasteiger partial charge in [0.1, 0.15) is 10.7 Å². The molecule has 1 aliphatic rings. The molecule has 0 radical (unpaired) electrons. The fourth-order valence-electron chi connectivity index (χ4n) is 1.80. The maximum Gasteiger partial charge on any atom is 0.134 e. The number of nitrogens with one attached hydrogen (secondary N) is 1. The molecule has 1 N–H and O–H groups in total. The van der Waals surface area contributed by atoms with Crippen LogP contribution in [0.5, 0.6) is 0 Å². The second-order valence-electron chi connectivity index (χ2n) is 3.97. The Labute approximate surface area is 105 Å². The van der Waals surface area contributed by atoms with Crippen molar-refractivity contribution >= 4 is 28.3 Å². The second kappa shape index (κ2) is 5.84. The molecular weight excluding hydrogens is 240 g/mol. The van der Waals surface area contributed by atoms with E-state index >= 15 is 0 Å². The standard InChI is InChI=1S/C10H18N4S2/c1-3-11-10-9(12-13-16-10)6-14-4-5-15-7-8(14)2/h8,11H,3-7H2,1-2H3. The van der Waals surface area contributed by atoms with Gasteiger partial charge >= 0.3 is 0 Å². The van der Waals surface area contributed by atoms with Crippen molar-refractivity contribution in [2.24, 2.45) is 0 Å². The van der Waals surface area contributed by atoms with Crippen LogP contribution >= 0.6 is 23.3 Å². The van der Waals surface area contributed by atoms with Gasteiger partial charge < -0.3 is 5.32 Å². The average Bonchev–Trinajstić information content (AvgIpc) is 2.70. The van der Waals surface area contributed by atoms with Crippen LogP contribution in [0.2, 0.25) is 0 Å². The molecule has 1 atom stereocenters. The molecule has 4 nitrogen and oxygen atoms in total. The lowest BCUT2D eigenvalue weighted by molar-refractivity contribution is 0.221. The van der Waals surface area contributed by atoms with Crippen LogP contribution in [0.4, 0.5) is 5.00 Å². The first-order valence-corrected chi connectivity index (χ1v) is 7.61. The van der Waals surface area contributed by atoms with Gasteiger partial charge in [-0.1, -0.05) is 4.49 Å². The molecule has 2 heterocycles. The van der Waals surface area contributed by atoms with E-state index in [9.17, 15) is 0 Å². The van der Waals surface area contributed by atoms with E-state index in [-0.39, 0.29) is 0 Å². The summed E-state index contributed by atoms with van der Waals surface area (Å²) < 4.78 is 4.03. The fourth-order valence-corrected chi connectivity index (χ4v) is 3.52. The predicted molar refractivity (Wildman–Crippen MR) is 71.3 cm³/mol. The minimum atomic E-state index is 0.648. The summed E-state index contributed by atoms with van der Waals surface area (Å²) in [6.45, 7) is 7.42. The number of thioether (sulfide) groups is 1. The zero-order valence-corrected chi connectivity index (χ0v) is 11.4. The number of hydrogen-bond donors (Lipinski definition) is 1. The fraction of sp³-hybridized carbons (Fsp3) is 0.800. The lowest BCUT2D eigenvalue weighted by Crippen LogP contribution is -2.39. The van der Waals surface area contributed by atoms with Crippen molar-refractivity contribution in [1.29, 1.82) is 0 Å².